The first-order chi connectivity index (χ1) is 13.9. The van der Waals surface area contributed by atoms with Gasteiger partial charge in [0.2, 0.25) is 5.91 Å². The van der Waals surface area contributed by atoms with Gasteiger partial charge < -0.3 is 14.8 Å². The molecule has 3 aromatic heterocycles. The Balaban J connectivity index is 1.52. The zero-order chi connectivity index (χ0) is 20.5. The number of nitrogens with zero attached hydrogens (tertiary/aromatic N) is 4. The second-order valence-corrected chi connectivity index (χ2v) is 7.38. The summed E-state index contributed by atoms with van der Waals surface area (Å²) in [7, 11) is 5.68. The molecule has 0 saturated heterocycles. The van der Waals surface area contributed by atoms with Gasteiger partial charge in [-0.3, -0.25) is 9.89 Å². The summed E-state index contributed by atoms with van der Waals surface area (Å²) in [5, 5.41) is 9.25. The van der Waals surface area contributed by atoms with Gasteiger partial charge in [0.15, 0.2) is 11.5 Å². The zero-order valence-corrected chi connectivity index (χ0v) is 17.0. The quantitative estimate of drug-likeness (QED) is 0.511. The smallest absolute Gasteiger partial charge is 0.246 e. The van der Waals surface area contributed by atoms with Crippen LogP contribution in [0.4, 0.5) is 5.82 Å². The summed E-state index contributed by atoms with van der Waals surface area (Å²) in [5.74, 6) is 0.745. The van der Waals surface area contributed by atoms with Gasteiger partial charge in [0.05, 0.1) is 11.4 Å². The second kappa shape index (κ2) is 7.43. The summed E-state index contributed by atoms with van der Waals surface area (Å²) in [6.07, 6.45) is 5.10. The van der Waals surface area contributed by atoms with Crippen LogP contribution in [0.2, 0.25) is 0 Å². The van der Waals surface area contributed by atoms with Crippen molar-refractivity contribution in [2.45, 2.75) is 13.0 Å². The Labute approximate surface area is 169 Å². The first-order valence-electron chi connectivity index (χ1n) is 9.48. The van der Waals surface area contributed by atoms with Gasteiger partial charge in [0, 0.05) is 44.6 Å². The Bertz CT molecular complexity index is 1170. The van der Waals surface area contributed by atoms with Crippen molar-refractivity contribution in [3.63, 3.8) is 0 Å². The van der Waals surface area contributed by atoms with Crippen LogP contribution in [0.25, 0.3) is 28.0 Å². The molecule has 0 aliphatic heterocycles. The van der Waals surface area contributed by atoms with E-state index in [0.29, 0.717) is 0 Å². The average Bonchev–Trinajstić information content (AvgIpc) is 3.34. The van der Waals surface area contributed by atoms with Crippen molar-refractivity contribution in [1.29, 1.82) is 0 Å². The number of amides is 1. The maximum absolute atomic E-state index is 12.7. The van der Waals surface area contributed by atoms with Crippen LogP contribution in [0, 0.1) is 0 Å². The first kappa shape index (κ1) is 18.7. The van der Waals surface area contributed by atoms with E-state index in [1.807, 2.05) is 57.2 Å². The lowest BCUT2D eigenvalue weighted by Gasteiger charge is -2.22. The molecule has 0 aliphatic rings. The van der Waals surface area contributed by atoms with Crippen LogP contribution in [-0.4, -0.2) is 52.1 Å². The summed E-state index contributed by atoms with van der Waals surface area (Å²) in [4.78, 5) is 24.1. The van der Waals surface area contributed by atoms with E-state index in [1.54, 1.807) is 23.2 Å². The fourth-order valence-corrected chi connectivity index (χ4v) is 3.34. The van der Waals surface area contributed by atoms with Gasteiger partial charge in [-0.25, -0.2) is 4.98 Å². The van der Waals surface area contributed by atoms with E-state index in [2.05, 4.69) is 32.3 Å². The van der Waals surface area contributed by atoms with Crippen LogP contribution in [-0.2, 0) is 4.79 Å². The molecule has 1 atom stereocenters. The lowest BCUT2D eigenvalue weighted by atomic mass is 10.2. The van der Waals surface area contributed by atoms with E-state index in [0.717, 1.165) is 39.0 Å². The molecule has 1 aromatic carbocycles. The van der Waals surface area contributed by atoms with Crippen LogP contribution >= 0.6 is 0 Å². The van der Waals surface area contributed by atoms with Gasteiger partial charge in [-0.1, -0.05) is 18.2 Å². The molecule has 0 bridgehead atoms. The molecule has 4 aromatic rings. The number of aromatic nitrogens is 4. The molecule has 7 nitrogen and oxygen atoms in total. The summed E-state index contributed by atoms with van der Waals surface area (Å²) in [5.41, 5.74) is 3.65. The first-order valence-corrected chi connectivity index (χ1v) is 9.48. The Morgan fingerprint density at radius 1 is 1.17 bits per heavy atom. The Kier molecular flexibility index (Phi) is 4.80. The van der Waals surface area contributed by atoms with Crippen LogP contribution in [0.15, 0.2) is 48.7 Å². The van der Waals surface area contributed by atoms with Gasteiger partial charge in [0.25, 0.3) is 0 Å². The molecule has 0 saturated carbocycles. The molecule has 1 unspecified atom stereocenters. The highest BCUT2D eigenvalue weighted by atomic mass is 16.2. The number of aromatic amines is 2. The number of para-hydroxylation sites is 1. The van der Waals surface area contributed by atoms with Crippen LogP contribution in [0.1, 0.15) is 24.2 Å². The normalized spacial score (nSPS) is 12.7. The molecule has 4 rings (SSSR count). The number of carbonyl (C=O) groups excluding carboxylic acids is 1. The van der Waals surface area contributed by atoms with Gasteiger partial charge in [-0.2, -0.15) is 5.10 Å². The highest BCUT2D eigenvalue weighted by Crippen LogP contribution is 2.24. The molecule has 29 heavy (non-hydrogen) atoms. The van der Waals surface area contributed by atoms with Crippen molar-refractivity contribution in [3.8, 4) is 0 Å². The molecule has 0 fully saturated rings. The number of benzene rings is 1. The van der Waals surface area contributed by atoms with Gasteiger partial charge >= 0.3 is 0 Å². The maximum Gasteiger partial charge on any atom is 0.246 e. The van der Waals surface area contributed by atoms with Crippen molar-refractivity contribution >= 4 is 39.7 Å². The molecule has 1 amide bonds. The zero-order valence-electron chi connectivity index (χ0n) is 17.0. The van der Waals surface area contributed by atoms with Crippen LogP contribution < -0.4 is 4.90 Å². The minimum absolute atomic E-state index is 0.0729. The van der Waals surface area contributed by atoms with Gasteiger partial charge in [-0.15, -0.1) is 0 Å². The number of pyridine rings is 1. The van der Waals surface area contributed by atoms with E-state index in [9.17, 15) is 4.79 Å². The number of anilines is 1. The van der Waals surface area contributed by atoms with Crippen molar-refractivity contribution in [3.05, 3.63) is 59.9 Å². The minimum Gasteiger partial charge on any atom is -0.361 e. The minimum atomic E-state index is -0.0747. The fourth-order valence-electron chi connectivity index (χ4n) is 3.34. The number of likely N-dealkylation sites (N-methyl/N-ethyl adjacent to an activating group) is 1. The third-order valence-corrected chi connectivity index (χ3v) is 5.19. The maximum atomic E-state index is 12.7. The fraction of sp³-hybridized carbons (Fsp3) is 0.227. The second-order valence-electron chi connectivity index (χ2n) is 7.38. The van der Waals surface area contributed by atoms with E-state index >= 15 is 0 Å². The molecule has 0 spiro atoms. The monoisotopic (exact) mass is 388 g/mol. The predicted octanol–water partition coefficient (Wildman–Crippen LogP) is 3.74. The van der Waals surface area contributed by atoms with Crippen LogP contribution in [0.3, 0.4) is 0 Å². The molecule has 148 valence electrons. The Hall–Kier alpha value is -3.61. The van der Waals surface area contributed by atoms with Crippen molar-refractivity contribution in [2.24, 2.45) is 0 Å². The van der Waals surface area contributed by atoms with E-state index < -0.39 is 0 Å². The SMILES string of the molecule is CC(c1cc2ccccc2[nH]1)N(C)C(=O)/C=C/c1cnc2[nH]nc(N(C)C)c2c1. The third kappa shape index (κ3) is 3.59. The van der Waals surface area contributed by atoms with E-state index in [-0.39, 0.29) is 11.9 Å². The van der Waals surface area contributed by atoms with Gasteiger partial charge in [0.1, 0.15) is 0 Å². The summed E-state index contributed by atoms with van der Waals surface area (Å²) < 4.78 is 0. The predicted molar refractivity (Wildman–Crippen MR) is 117 cm³/mol. The number of rotatable bonds is 5. The van der Waals surface area contributed by atoms with Crippen molar-refractivity contribution in [1.82, 2.24) is 25.1 Å². The molecular weight excluding hydrogens is 364 g/mol. The molecule has 2 N–H and O–H groups in total. The molecular formula is C22H24N6O. The highest BCUT2D eigenvalue weighted by Gasteiger charge is 2.17. The number of H-pyrrole nitrogens is 2. The Morgan fingerprint density at radius 2 is 1.97 bits per heavy atom. The lowest BCUT2D eigenvalue weighted by molar-refractivity contribution is -0.126. The van der Waals surface area contributed by atoms with E-state index in [1.165, 1.54) is 0 Å². The third-order valence-electron chi connectivity index (χ3n) is 5.19. The number of fused-ring (bicyclic) bond motifs is 2. The van der Waals surface area contributed by atoms with Crippen LogP contribution in [0.5, 0.6) is 0 Å². The summed E-state index contributed by atoms with van der Waals surface area (Å²) >= 11 is 0. The molecule has 3 heterocycles. The van der Waals surface area contributed by atoms with E-state index in [4.69, 9.17) is 0 Å². The number of hydrogen-bond acceptors (Lipinski definition) is 4. The number of hydrogen-bond donors (Lipinski definition) is 2. The van der Waals surface area contributed by atoms with Crippen molar-refractivity contribution < 1.29 is 4.79 Å². The number of carbonyl (C=O) groups is 1. The number of nitrogens with one attached hydrogen (secondary N) is 2. The largest absolute Gasteiger partial charge is 0.361 e. The van der Waals surface area contributed by atoms with Crippen molar-refractivity contribution in [2.75, 3.05) is 26.0 Å². The highest BCUT2D eigenvalue weighted by molar-refractivity contribution is 5.94. The topological polar surface area (TPSA) is 80.9 Å². The summed E-state index contributed by atoms with van der Waals surface area (Å²) in [6.45, 7) is 2.01. The molecule has 0 radical (unpaired) electrons. The standard InChI is InChI=1S/C22H24N6O/c1-14(19-12-16-7-5-6-8-18(16)24-19)28(4)20(29)10-9-15-11-17-21(23-13-15)25-26-22(17)27(2)3/h5-14,24H,1-4H3,(H,23,25,26)/b10-9+. The molecule has 7 heteroatoms. The van der Waals surface area contributed by atoms with Gasteiger partial charge in [-0.05, 0) is 42.1 Å². The molecule has 0 aliphatic carbocycles. The summed E-state index contributed by atoms with van der Waals surface area (Å²) in [6, 6.07) is 12.1. The average molecular weight is 388 g/mol. The Morgan fingerprint density at radius 3 is 2.72 bits per heavy atom. The lowest BCUT2D eigenvalue weighted by Crippen LogP contribution is -2.28.